The van der Waals surface area contributed by atoms with Crippen molar-refractivity contribution in [3.63, 3.8) is 0 Å². The third-order valence-electron chi connectivity index (χ3n) is 2.84. The number of thiazole rings is 1. The van der Waals surface area contributed by atoms with Crippen molar-refractivity contribution < 1.29 is 19.4 Å². The van der Waals surface area contributed by atoms with E-state index in [1.165, 1.54) is 23.5 Å². The smallest absolute Gasteiger partial charge is 0.335 e. The molecule has 0 spiro atoms. The lowest BCUT2D eigenvalue weighted by molar-refractivity contribution is -0.121. The number of nitrogens with zero attached hydrogens (tertiary/aromatic N) is 1. The van der Waals surface area contributed by atoms with Gasteiger partial charge in [0.15, 0.2) is 0 Å². The number of carboxylic acids is 1. The van der Waals surface area contributed by atoms with Gasteiger partial charge in [-0.3, -0.25) is 4.79 Å². The van der Waals surface area contributed by atoms with Crippen molar-refractivity contribution in [2.45, 2.75) is 12.8 Å². The minimum atomic E-state index is -0.973. The summed E-state index contributed by atoms with van der Waals surface area (Å²) in [6, 6.07) is 6.13. The fourth-order valence-corrected chi connectivity index (χ4v) is 2.36. The van der Waals surface area contributed by atoms with Crippen LogP contribution in [0.2, 0.25) is 0 Å². The maximum atomic E-state index is 11.6. The van der Waals surface area contributed by atoms with Gasteiger partial charge in [0.2, 0.25) is 5.91 Å². The maximum absolute atomic E-state index is 11.6. The molecule has 0 unspecified atom stereocenters. The maximum Gasteiger partial charge on any atom is 0.335 e. The zero-order valence-electron chi connectivity index (χ0n) is 11.8. The first-order valence-electron chi connectivity index (χ1n) is 6.76. The van der Waals surface area contributed by atoms with E-state index in [9.17, 15) is 9.59 Å². The summed E-state index contributed by atoms with van der Waals surface area (Å²) in [5.74, 6) is -0.443. The number of benzene rings is 1. The Kier molecular flexibility index (Phi) is 5.91. The fourth-order valence-electron chi connectivity index (χ4n) is 1.74. The van der Waals surface area contributed by atoms with Crippen molar-refractivity contribution in [1.82, 2.24) is 10.3 Å². The lowest BCUT2D eigenvalue weighted by atomic mass is 10.2. The van der Waals surface area contributed by atoms with Crippen LogP contribution in [-0.4, -0.2) is 35.1 Å². The third kappa shape index (κ3) is 5.17. The molecule has 0 aliphatic heterocycles. The van der Waals surface area contributed by atoms with E-state index in [-0.39, 0.29) is 11.5 Å². The molecule has 0 bridgehead atoms. The summed E-state index contributed by atoms with van der Waals surface area (Å²) in [6.45, 7) is 0.729. The van der Waals surface area contributed by atoms with Crippen molar-refractivity contribution in [2.24, 2.45) is 0 Å². The predicted molar refractivity (Wildman–Crippen MR) is 82.3 cm³/mol. The first kappa shape index (κ1) is 16.0. The Morgan fingerprint density at radius 3 is 2.68 bits per heavy atom. The summed E-state index contributed by atoms with van der Waals surface area (Å²) in [4.78, 5) is 26.4. The van der Waals surface area contributed by atoms with Gasteiger partial charge in [0.05, 0.1) is 17.1 Å². The molecule has 0 atom stereocenters. The van der Waals surface area contributed by atoms with E-state index in [4.69, 9.17) is 9.84 Å². The zero-order chi connectivity index (χ0) is 15.8. The predicted octanol–water partition coefficient (Wildman–Crippen LogP) is 1.97. The van der Waals surface area contributed by atoms with Crippen LogP contribution >= 0.6 is 11.3 Å². The van der Waals surface area contributed by atoms with E-state index in [1.54, 1.807) is 18.3 Å². The number of amides is 1. The minimum Gasteiger partial charge on any atom is -0.492 e. The van der Waals surface area contributed by atoms with Gasteiger partial charge in [0.1, 0.15) is 12.4 Å². The second-order valence-electron chi connectivity index (χ2n) is 4.45. The molecule has 0 aliphatic carbocycles. The quantitative estimate of drug-likeness (QED) is 0.726. The van der Waals surface area contributed by atoms with Gasteiger partial charge in [-0.15, -0.1) is 11.3 Å². The van der Waals surface area contributed by atoms with Crippen LogP contribution in [0.1, 0.15) is 21.8 Å². The number of hydrogen-bond donors (Lipinski definition) is 2. The average molecular weight is 320 g/mol. The van der Waals surface area contributed by atoms with Crippen molar-refractivity contribution >= 4 is 23.2 Å². The highest BCUT2D eigenvalue weighted by molar-refractivity contribution is 7.09. The fraction of sp³-hybridized carbons (Fsp3) is 0.267. The van der Waals surface area contributed by atoms with Crippen molar-refractivity contribution in [3.05, 3.63) is 46.4 Å². The molecule has 1 amide bonds. The van der Waals surface area contributed by atoms with Gasteiger partial charge in [-0.1, -0.05) is 0 Å². The zero-order valence-corrected chi connectivity index (χ0v) is 12.6. The Bertz CT molecular complexity index is 611. The number of aryl methyl sites for hydroxylation is 1. The normalized spacial score (nSPS) is 10.2. The number of aromatic carboxylic acids is 1. The van der Waals surface area contributed by atoms with Crippen LogP contribution in [0.25, 0.3) is 0 Å². The number of hydrogen-bond acceptors (Lipinski definition) is 5. The molecule has 2 N–H and O–H groups in total. The molecule has 1 aromatic heterocycles. The molecule has 0 fully saturated rings. The van der Waals surface area contributed by atoms with E-state index in [2.05, 4.69) is 10.3 Å². The Hall–Kier alpha value is -2.41. The highest BCUT2D eigenvalue weighted by atomic mass is 32.1. The Balaban J connectivity index is 1.62. The van der Waals surface area contributed by atoms with Crippen molar-refractivity contribution in [3.8, 4) is 5.75 Å². The summed E-state index contributed by atoms with van der Waals surface area (Å²) in [6.07, 6.45) is 2.77. The number of ether oxygens (including phenoxy) is 1. The second-order valence-corrected chi connectivity index (χ2v) is 5.43. The number of nitrogens with one attached hydrogen (secondary N) is 1. The highest BCUT2D eigenvalue weighted by Gasteiger charge is 2.04. The topological polar surface area (TPSA) is 88.5 Å². The molecular formula is C15H16N2O4S. The number of carboxylic acid groups (broad SMARTS) is 1. The molecule has 22 heavy (non-hydrogen) atoms. The molecule has 2 aromatic rings. The highest BCUT2D eigenvalue weighted by Crippen LogP contribution is 2.11. The number of carbonyl (C=O) groups is 2. The molecule has 1 aromatic carbocycles. The molecule has 6 nitrogen and oxygen atoms in total. The first-order chi connectivity index (χ1) is 10.6. The van der Waals surface area contributed by atoms with Crippen molar-refractivity contribution in [1.29, 1.82) is 0 Å². The molecule has 0 saturated heterocycles. The molecule has 0 aliphatic rings. The van der Waals surface area contributed by atoms with Gasteiger partial charge < -0.3 is 15.2 Å². The molecule has 0 saturated carbocycles. The van der Waals surface area contributed by atoms with Gasteiger partial charge in [0, 0.05) is 24.4 Å². The van der Waals surface area contributed by atoms with Gasteiger partial charge in [-0.05, 0) is 24.3 Å². The molecule has 2 rings (SSSR count). The van der Waals surface area contributed by atoms with Crippen LogP contribution in [0, 0.1) is 0 Å². The summed E-state index contributed by atoms with van der Waals surface area (Å²) >= 11 is 1.54. The molecule has 0 radical (unpaired) electrons. The van der Waals surface area contributed by atoms with Gasteiger partial charge in [0.25, 0.3) is 0 Å². The van der Waals surface area contributed by atoms with Gasteiger partial charge in [-0.25, -0.2) is 9.78 Å². The van der Waals surface area contributed by atoms with Crippen LogP contribution in [-0.2, 0) is 11.2 Å². The minimum absolute atomic E-state index is 0.0416. The monoisotopic (exact) mass is 320 g/mol. The van der Waals surface area contributed by atoms with E-state index in [1.807, 2.05) is 5.38 Å². The average Bonchev–Trinajstić information content (AvgIpc) is 3.03. The Morgan fingerprint density at radius 1 is 1.27 bits per heavy atom. The summed E-state index contributed by atoms with van der Waals surface area (Å²) < 4.78 is 5.42. The number of carbonyl (C=O) groups excluding carboxylic acids is 1. The largest absolute Gasteiger partial charge is 0.492 e. The molecule has 116 valence electrons. The lowest BCUT2D eigenvalue weighted by Gasteiger charge is -2.07. The standard InChI is InChI=1S/C15H16N2O4S/c18-13(5-6-14-17-8-10-22-14)16-7-9-21-12-3-1-11(2-4-12)15(19)20/h1-4,8,10H,5-7,9H2,(H,16,18)(H,19,20). The van der Waals surface area contributed by atoms with Crippen molar-refractivity contribution in [2.75, 3.05) is 13.2 Å². The number of aromatic nitrogens is 1. The van der Waals surface area contributed by atoms with E-state index < -0.39 is 5.97 Å². The third-order valence-corrected chi connectivity index (χ3v) is 3.68. The Morgan fingerprint density at radius 2 is 2.05 bits per heavy atom. The van der Waals surface area contributed by atoms with Crippen LogP contribution in [0.4, 0.5) is 0 Å². The number of rotatable bonds is 8. The van der Waals surface area contributed by atoms with Crippen LogP contribution < -0.4 is 10.1 Å². The lowest BCUT2D eigenvalue weighted by Crippen LogP contribution is -2.28. The molecule has 7 heteroatoms. The summed E-state index contributed by atoms with van der Waals surface area (Å²) in [7, 11) is 0. The van der Waals surface area contributed by atoms with Crippen LogP contribution in [0.3, 0.4) is 0 Å². The van der Waals surface area contributed by atoms with Crippen LogP contribution in [0.5, 0.6) is 5.75 Å². The van der Waals surface area contributed by atoms with E-state index in [0.717, 1.165) is 5.01 Å². The van der Waals surface area contributed by atoms with E-state index >= 15 is 0 Å². The first-order valence-corrected chi connectivity index (χ1v) is 7.64. The summed E-state index contributed by atoms with van der Waals surface area (Å²) in [5.41, 5.74) is 0.211. The Labute approximate surface area is 131 Å². The van der Waals surface area contributed by atoms with E-state index in [0.29, 0.717) is 31.7 Å². The second kappa shape index (κ2) is 8.14. The van der Waals surface area contributed by atoms with Gasteiger partial charge >= 0.3 is 5.97 Å². The summed E-state index contributed by atoms with van der Waals surface area (Å²) in [5, 5.41) is 14.4. The molecule has 1 heterocycles. The molecular weight excluding hydrogens is 304 g/mol. The van der Waals surface area contributed by atoms with Crippen LogP contribution in [0.15, 0.2) is 35.8 Å². The van der Waals surface area contributed by atoms with Gasteiger partial charge in [-0.2, -0.15) is 0 Å². The SMILES string of the molecule is O=C(CCc1nccs1)NCCOc1ccc(C(=O)O)cc1.